The number of amides is 1. The molecule has 98 valence electrons. The van der Waals surface area contributed by atoms with E-state index >= 15 is 0 Å². The Morgan fingerprint density at radius 2 is 1.88 bits per heavy atom. The molecule has 0 bridgehead atoms. The maximum Gasteiger partial charge on any atom is 0.408 e. The number of aliphatic hydroxyl groups is 1. The van der Waals surface area contributed by atoms with Gasteiger partial charge in [0.2, 0.25) is 0 Å². The van der Waals surface area contributed by atoms with Crippen LogP contribution >= 0.6 is 0 Å². The standard InChI is InChI=1S/C11H19NO5/c1-10(2,3)17-9(15)12-11(8(14)16-4)5-7(13)6-11/h7,13H,5-6H2,1-4H3,(H,12,15)/i11+0. The number of nitrogens with one attached hydrogen (secondary N) is 1. The van der Waals surface area contributed by atoms with E-state index in [0.29, 0.717) is 0 Å². The molecule has 0 aromatic heterocycles. The molecule has 0 unspecified atom stereocenters. The van der Waals surface area contributed by atoms with Crippen molar-refractivity contribution >= 4 is 12.1 Å². The van der Waals surface area contributed by atoms with Crippen molar-refractivity contribution in [2.24, 2.45) is 0 Å². The summed E-state index contributed by atoms with van der Waals surface area (Å²) in [7, 11) is 1.24. The van der Waals surface area contributed by atoms with Crippen molar-refractivity contribution in [3.05, 3.63) is 0 Å². The summed E-state index contributed by atoms with van der Waals surface area (Å²) in [4.78, 5) is 23.1. The summed E-state index contributed by atoms with van der Waals surface area (Å²) in [5.41, 5.74) is -1.78. The third kappa shape index (κ3) is 3.33. The number of carbonyl (C=O) groups excluding carboxylic acids is 2. The Kier molecular flexibility index (Phi) is 3.66. The lowest BCUT2D eigenvalue weighted by Gasteiger charge is -2.42. The lowest BCUT2D eigenvalue weighted by atomic mass is 9.74. The number of alkyl carbamates (subject to hydrolysis) is 1. The number of hydrogen-bond acceptors (Lipinski definition) is 5. The van der Waals surface area contributed by atoms with E-state index in [9.17, 15) is 14.7 Å². The first-order valence-electron chi connectivity index (χ1n) is 5.46. The summed E-state index contributed by atoms with van der Waals surface area (Å²) < 4.78 is 9.68. The highest BCUT2D eigenvalue weighted by atomic mass is 16.6. The minimum atomic E-state index is -1.14. The quantitative estimate of drug-likeness (QED) is 0.695. The van der Waals surface area contributed by atoms with Crippen molar-refractivity contribution in [1.82, 2.24) is 5.32 Å². The van der Waals surface area contributed by atoms with Crippen LogP contribution in [0.2, 0.25) is 0 Å². The van der Waals surface area contributed by atoms with Crippen molar-refractivity contribution in [2.75, 3.05) is 7.11 Å². The molecule has 1 aliphatic rings. The van der Waals surface area contributed by atoms with E-state index < -0.39 is 29.3 Å². The van der Waals surface area contributed by atoms with Crippen LogP contribution in [0.3, 0.4) is 0 Å². The van der Waals surface area contributed by atoms with Gasteiger partial charge in [-0.25, -0.2) is 9.59 Å². The van der Waals surface area contributed by atoms with Gasteiger partial charge in [-0.05, 0) is 20.8 Å². The summed E-state index contributed by atoms with van der Waals surface area (Å²) in [6.45, 7) is 5.19. The molecule has 0 aromatic carbocycles. The maximum absolute atomic E-state index is 11.6. The molecule has 1 fully saturated rings. The van der Waals surface area contributed by atoms with Crippen LogP contribution in [0.1, 0.15) is 33.6 Å². The minimum absolute atomic E-state index is 0.152. The van der Waals surface area contributed by atoms with Crippen molar-refractivity contribution in [2.45, 2.75) is 50.9 Å². The molecule has 17 heavy (non-hydrogen) atoms. The largest absolute Gasteiger partial charge is 0.467 e. The van der Waals surface area contributed by atoms with Gasteiger partial charge in [0.1, 0.15) is 11.1 Å². The highest BCUT2D eigenvalue weighted by Gasteiger charge is 2.52. The van der Waals surface area contributed by atoms with Crippen molar-refractivity contribution < 1.29 is 24.2 Å². The molecule has 0 atom stereocenters. The second-order valence-corrected chi connectivity index (χ2v) is 5.26. The van der Waals surface area contributed by atoms with Crippen molar-refractivity contribution in [3.63, 3.8) is 0 Å². The second-order valence-electron chi connectivity index (χ2n) is 5.26. The number of esters is 1. The molecule has 0 aliphatic heterocycles. The Morgan fingerprint density at radius 3 is 2.24 bits per heavy atom. The molecule has 1 saturated carbocycles. The van der Waals surface area contributed by atoms with Gasteiger partial charge in [-0.2, -0.15) is 0 Å². The maximum atomic E-state index is 11.6. The number of ether oxygens (including phenoxy) is 2. The molecular formula is C11H19NO5. The van der Waals surface area contributed by atoms with Crippen LogP contribution in [0, 0.1) is 0 Å². The van der Waals surface area contributed by atoms with Crippen molar-refractivity contribution in [1.29, 1.82) is 0 Å². The fraction of sp³-hybridized carbons (Fsp3) is 0.818. The van der Waals surface area contributed by atoms with E-state index in [4.69, 9.17) is 4.74 Å². The Labute approximate surface area is 100 Å². The number of carbonyl (C=O) groups is 2. The molecule has 1 aliphatic carbocycles. The average Bonchev–Trinajstić information content (AvgIpc) is 2.10. The van der Waals surface area contributed by atoms with Gasteiger partial charge in [-0.15, -0.1) is 0 Å². The van der Waals surface area contributed by atoms with Gasteiger partial charge in [0.25, 0.3) is 0 Å². The zero-order chi connectivity index (χ0) is 13.3. The first-order chi connectivity index (χ1) is 7.68. The number of rotatable bonds is 2. The van der Waals surface area contributed by atoms with E-state index in [0.717, 1.165) is 0 Å². The van der Waals surface area contributed by atoms with Gasteiger partial charge in [-0.1, -0.05) is 0 Å². The van der Waals surface area contributed by atoms with Crippen LogP contribution in [0.5, 0.6) is 0 Å². The fourth-order valence-electron chi connectivity index (χ4n) is 1.76. The lowest BCUT2D eigenvalue weighted by Crippen LogP contribution is -2.65. The first kappa shape index (κ1) is 13.8. The number of hydrogen-bond donors (Lipinski definition) is 2. The fourth-order valence-corrected chi connectivity index (χ4v) is 1.76. The van der Waals surface area contributed by atoms with Crippen LogP contribution in [-0.2, 0) is 14.3 Å². The summed E-state index contributed by atoms with van der Waals surface area (Å²) in [6, 6.07) is 0. The van der Waals surface area contributed by atoms with E-state index in [-0.39, 0.29) is 12.8 Å². The molecule has 1 amide bonds. The Morgan fingerprint density at radius 1 is 1.35 bits per heavy atom. The summed E-state index contributed by atoms with van der Waals surface area (Å²) in [5.74, 6) is -0.561. The Balaban J connectivity index is 2.63. The van der Waals surface area contributed by atoms with Crippen LogP contribution in [-0.4, -0.2) is 41.5 Å². The molecule has 0 spiro atoms. The Hall–Kier alpha value is -1.30. The average molecular weight is 245 g/mol. The first-order valence-corrected chi connectivity index (χ1v) is 5.46. The number of aliphatic hydroxyl groups excluding tert-OH is 1. The predicted molar refractivity (Wildman–Crippen MR) is 59.4 cm³/mol. The van der Waals surface area contributed by atoms with Gasteiger partial charge in [0.15, 0.2) is 0 Å². The van der Waals surface area contributed by atoms with Crippen LogP contribution in [0.15, 0.2) is 0 Å². The zero-order valence-electron chi connectivity index (χ0n) is 10.6. The van der Waals surface area contributed by atoms with E-state index in [2.05, 4.69) is 10.1 Å². The van der Waals surface area contributed by atoms with Crippen LogP contribution in [0.4, 0.5) is 4.79 Å². The minimum Gasteiger partial charge on any atom is -0.467 e. The van der Waals surface area contributed by atoms with Crippen LogP contribution in [0.25, 0.3) is 0 Å². The third-order valence-electron chi connectivity index (χ3n) is 2.48. The SMILES string of the molecule is COC(=O)[12C]1(NC(=O)OC(C)(C)C)CC(O)C1. The molecular weight excluding hydrogens is 226 g/mol. The van der Waals surface area contributed by atoms with Gasteiger partial charge in [0.05, 0.1) is 13.2 Å². The normalized spacial score (nSPS) is 27.9. The molecule has 1 rings (SSSR count). The third-order valence-corrected chi connectivity index (χ3v) is 2.48. The molecule has 0 radical (unpaired) electrons. The Bertz CT molecular complexity index is 314. The van der Waals surface area contributed by atoms with Gasteiger partial charge in [-0.3, -0.25) is 0 Å². The number of methoxy groups -OCH3 is 1. The molecule has 0 heterocycles. The molecule has 6 nitrogen and oxygen atoms in total. The van der Waals surface area contributed by atoms with E-state index in [1.165, 1.54) is 7.11 Å². The smallest absolute Gasteiger partial charge is 0.408 e. The molecule has 0 aromatic rings. The highest BCUT2D eigenvalue weighted by Crippen LogP contribution is 2.33. The second kappa shape index (κ2) is 4.52. The molecule has 6 heteroatoms. The summed E-state index contributed by atoms with van der Waals surface area (Å²) >= 11 is 0. The highest BCUT2D eigenvalue weighted by molar-refractivity contribution is 5.87. The van der Waals surface area contributed by atoms with Gasteiger partial charge in [0, 0.05) is 12.8 Å². The van der Waals surface area contributed by atoms with Crippen LogP contribution < -0.4 is 5.32 Å². The molecule has 0 saturated heterocycles. The van der Waals surface area contributed by atoms with Gasteiger partial charge < -0.3 is 19.9 Å². The zero-order valence-corrected chi connectivity index (χ0v) is 10.6. The van der Waals surface area contributed by atoms with Gasteiger partial charge >= 0.3 is 12.1 Å². The monoisotopic (exact) mass is 245 g/mol. The summed E-state index contributed by atoms with van der Waals surface area (Å²) in [5, 5.41) is 11.7. The van der Waals surface area contributed by atoms with E-state index in [1.54, 1.807) is 20.8 Å². The lowest BCUT2D eigenvalue weighted by molar-refractivity contribution is -0.158. The summed E-state index contributed by atoms with van der Waals surface area (Å²) in [6.07, 6.45) is -0.975. The van der Waals surface area contributed by atoms with Crippen molar-refractivity contribution in [3.8, 4) is 0 Å². The topological polar surface area (TPSA) is 84.9 Å². The van der Waals surface area contributed by atoms with E-state index in [1.807, 2.05) is 0 Å². The predicted octanol–water partition coefficient (Wildman–Crippen LogP) is 0.578. The molecule has 2 N–H and O–H groups in total.